The molecule has 1 atom stereocenters. The molecule has 2 rings (SSSR count). The third kappa shape index (κ3) is 3.22. The van der Waals surface area contributed by atoms with Crippen LogP contribution in [0.1, 0.15) is 6.42 Å². The predicted octanol–water partition coefficient (Wildman–Crippen LogP) is 0.861. The second-order valence-electron chi connectivity index (χ2n) is 3.75. The zero-order valence-corrected chi connectivity index (χ0v) is 9.64. The average molecular weight is 227 g/mol. The first-order valence-electron chi connectivity index (χ1n) is 5.32. The lowest BCUT2D eigenvalue weighted by Crippen LogP contribution is -2.42. The Kier molecular flexibility index (Phi) is 4.05. The minimum Gasteiger partial charge on any atom is -0.378 e. The summed E-state index contributed by atoms with van der Waals surface area (Å²) in [6.07, 6.45) is 6.80. The van der Waals surface area contributed by atoms with Crippen molar-refractivity contribution in [3.63, 3.8) is 0 Å². The molecule has 4 nitrogen and oxygen atoms in total. The topological polar surface area (TPSA) is 30.3 Å². The molecule has 0 spiro atoms. The van der Waals surface area contributed by atoms with Crippen molar-refractivity contribution in [1.82, 2.24) is 14.5 Å². The first-order chi connectivity index (χ1) is 7.36. The Labute approximate surface area is 95.6 Å². The summed E-state index contributed by atoms with van der Waals surface area (Å²) in [5.41, 5.74) is 0. The van der Waals surface area contributed by atoms with E-state index in [1.807, 2.05) is 18.7 Å². The van der Waals surface area contributed by atoms with Crippen LogP contribution in [0.4, 0.5) is 0 Å². The Morgan fingerprint density at radius 3 is 3.13 bits per heavy atom. The molecule has 84 valence electrons. The normalized spacial score (nSPS) is 23.1. The van der Waals surface area contributed by atoms with Crippen LogP contribution in [0.5, 0.6) is 0 Å². The maximum Gasteiger partial charge on any atom is 0.0945 e. The zero-order chi connectivity index (χ0) is 10.5. The largest absolute Gasteiger partial charge is 0.378 e. The Hall–Kier alpha value is -0.520. The Bertz CT molecular complexity index is 278. The Morgan fingerprint density at radius 2 is 2.40 bits per heavy atom. The van der Waals surface area contributed by atoms with E-state index in [-0.39, 0.29) is 5.37 Å². The quantitative estimate of drug-likeness (QED) is 0.774. The molecule has 1 unspecified atom stereocenters. The highest BCUT2D eigenvalue weighted by Gasteiger charge is 2.18. The molecule has 1 saturated heterocycles. The molecule has 0 N–H and O–H groups in total. The lowest BCUT2D eigenvalue weighted by atomic mass is 10.3. The molecule has 0 aromatic carbocycles. The smallest absolute Gasteiger partial charge is 0.0945 e. The van der Waals surface area contributed by atoms with Gasteiger partial charge in [-0.05, 0) is 6.42 Å². The predicted molar refractivity (Wildman–Crippen MR) is 62.0 cm³/mol. The third-order valence-corrected chi connectivity index (χ3v) is 3.11. The number of aryl methyl sites for hydroxylation is 1. The van der Waals surface area contributed by atoms with Crippen LogP contribution < -0.4 is 0 Å². The number of nitrogens with zero attached hydrogens (tertiary/aromatic N) is 3. The van der Waals surface area contributed by atoms with Crippen LogP contribution in [0.15, 0.2) is 18.7 Å². The van der Waals surface area contributed by atoms with Gasteiger partial charge in [-0.3, -0.25) is 4.90 Å². The molecule has 1 aromatic heterocycles. The molecule has 0 radical (unpaired) electrons. The van der Waals surface area contributed by atoms with E-state index in [9.17, 15) is 0 Å². The number of hydrogen-bond acceptors (Lipinski definition) is 4. The Morgan fingerprint density at radius 1 is 1.47 bits per heavy atom. The van der Waals surface area contributed by atoms with Crippen LogP contribution in [-0.4, -0.2) is 46.1 Å². The molecule has 2 heterocycles. The van der Waals surface area contributed by atoms with Crippen molar-refractivity contribution in [1.29, 1.82) is 0 Å². The molecule has 0 saturated carbocycles. The summed E-state index contributed by atoms with van der Waals surface area (Å²) in [4.78, 5) is 6.38. The highest BCUT2D eigenvalue weighted by molar-refractivity contribution is 7.80. The van der Waals surface area contributed by atoms with Crippen LogP contribution in [0.3, 0.4) is 0 Å². The second-order valence-corrected chi connectivity index (χ2v) is 4.34. The molecule has 15 heavy (non-hydrogen) atoms. The van der Waals surface area contributed by atoms with Crippen LogP contribution in [0.25, 0.3) is 0 Å². The number of morpholine rings is 1. The first-order valence-corrected chi connectivity index (χ1v) is 5.83. The van der Waals surface area contributed by atoms with Crippen molar-refractivity contribution in [2.75, 3.05) is 26.3 Å². The van der Waals surface area contributed by atoms with Gasteiger partial charge in [0.25, 0.3) is 0 Å². The van der Waals surface area contributed by atoms with Crippen molar-refractivity contribution in [2.24, 2.45) is 0 Å². The number of ether oxygens (including phenoxy) is 1. The van der Waals surface area contributed by atoms with Crippen molar-refractivity contribution < 1.29 is 4.74 Å². The van der Waals surface area contributed by atoms with Crippen molar-refractivity contribution in [3.8, 4) is 0 Å². The van der Waals surface area contributed by atoms with Gasteiger partial charge in [0.2, 0.25) is 0 Å². The zero-order valence-electron chi connectivity index (χ0n) is 8.75. The van der Waals surface area contributed by atoms with Gasteiger partial charge < -0.3 is 9.30 Å². The van der Waals surface area contributed by atoms with Gasteiger partial charge >= 0.3 is 0 Å². The molecule has 1 aliphatic heterocycles. The van der Waals surface area contributed by atoms with E-state index < -0.39 is 0 Å². The van der Waals surface area contributed by atoms with E-state index in [1.54, 1.807) is 0 Å². The monoisotopic (exact) mass is 227 g/mol. The van der Waals surface area contributed by atoms with E-state index in [0.29, 0.717) is 0 Å². The highest BCUT2D eigenvalue weighted by atomic mass is 32.1. The van der Waals surface area contributed by atoms with E-state index in [4.69, 9.17) is 4.74 Å². The van der Waals surface area contributed by atoms with E-state index in [1.165, 1.54) is 0 Å². The number of aromatic nitrogens is 2. The van der Waals surface area contributed by atoms with Crippen LogP contribution in [0, 0.1) is 0 Å². The van der Waals surface area contributed by atoms with Gasteiger partial charge in [0.1, 0.15) is 0 Å². The fraction of sp³-hybridized carbons (Fsp3) is 0.700. The lowest BCUT2D eigenvalue weighted by molar-refractivity contribution is 0.0246. The van der Waals surface area contributed by atoms with Crippen molar-refractivity contribution in [2.45, 2.75) is 18.3 Å². The Balaban J connectivity index is 1.68. The van der Waals surface area contributed by atoms with E-state index in [0.717, 1.165) is 39.3 Å². The molecule has 0 amide bonds. The number of hydrogen-bond donors (Lipinski definition) is 1. The molecule has 0 aliphatic carbocycles. The lowest BCUT2D eigenvalue weighted by Gasteiger charge is -2.32. The molecule has 0 bridgehead atoms. The molecule has 1 fully saturated rings. The fourth-order valence-electron chi connectivity index (χ4n) is 1.76. The molecule has 1 aromatic rings. The van der Waals surface area contributed by atoms with Crippen LogP contribution in [-0.2, 0) is 11.3 Å². The highest BCUT2D eigenvalue weighted by Crippen LogP contribution is 2.10. The van der Waals surface area contributed by atoms with Crippen molar-refractivity contribution in [3.05, 3.63) is 18.7 Å². The second kappa shape index (κ2) is 5.53. The van der Waals surface area contributed by atoms with Gasteiger partial charge in [-0.15, -0.1) is 0 Å². The van der Waals surface area contributed by atoms with Crippen LogP contribution in [0.2, 0.25) is 0 Å². The summed E-state index contributed by atoms with van der Waals surface area (Å²) in [6.45, 7) is 4.68. The average Bonchev–Trinajstić information content (AvgIpc) is 2.74. The van der Waals surface area contributed by atoms with Gasteiger partial charge in [0, 0.05) is 32.0 Å². The first kappa shape index (κ1) is 11.0. The maximum atomic E-state index is 5.33. The van der Waals surface area contributed by atoms with Gasteiger partial charge in [-0.1, -0.05) is 0 Å². The minimum absolute atomic E-state index is 0.265. The van der Waals surface area contributed by atoms with Gasteiger partial charge in [0.05, 0.1) is 24.9 Å². The summed E-state index contributed by atoms with van der Waals surface area (Å²) in [5.74, 6) is 0. The summed E-state index contributed by atoms with van der Waals surface area (Å²) in [6, 6.07) is 0. The minimum atomic E-state index is 0.265. The van der Waals surface area contributed by atoms with E-state index >= 15 is 0 Å². The fourth-order valence-corrected chi connectivity index (χ4v) is 2.10. The summed E-state index contributed by atoms with van der Waals surface area (Å²) < 4.78 is 7.44. The van der Waals surface area contributed by atoms with Crippen LogP contribution >= 0.6 is 12.6 Å². The van der Waals surface area contributed by atoms with Gasteiger partial charge in [0.15, 0.2) is 0 Å². The van der Waals surface area contributed by atoms with E-state index in [2.05, 4.69) is 27.1 Å². The molecule has 1 aliphatic rings. The van der Waals surface area contributed by atoms with Crippen molar-refractivity contribution >= 4 is 12.6 Å². The SMILES string of the molecule is SC1COCCN1CCCn1ccnc1. The number of rotatable bonds is 4. The number of thiol groups is 1. The van der Waals surface area contributed by atoms with Gasteiger partial charge in [-0.2, -0.15) is 12.6 Å². The molecule has 5 heteroatoms. The summed E-state index contributed by atoms with van der Waals surface area (Å²) in [7, 11) is 0. The molecular weight excluding hydrogens is 210 g/mol. The third-order valence-electron chi connectivity index (χ3n) is 2.63. The molecular formula is C10H17N3OS. The summed E-state index contributed by atoms with van der Waals surface area (Å²) >= 11 is 4.49. The number of imidazole rings is 1. The standard InChI is InChI=1S/C10H17N3OS/c15-10-8-14-7-6-13(10)4-1-3-12-5-2-11-9-12/h2,5,9-10,15H,1,3-4,6-8H2. The maximum absolute atomic E-state index is 5.33. The van der Waals surface area contributed by atoms with Gasteiger partial charge in [-0.25, -0.2) is 4.98 Å². The summed E-state index contributed by atoms with van der Waals surface area (Å²) in [5, 5.41) is 0.265.